The first-order chi connectivity index (χ1) is 13.7. The molecule has 0 aromatic carbocycles. The van der Waals surface area contributed by atoms with Crippen LogP contribution in [-0.4, -0.2) is 30.9 Å². The number of fused-ring (bicyclic) bond motifs is 1. The molecular formula is C21H24N6O2. The van der Waals surface area contributed by atoms with Gasteiger partial charge in [-0.15, -0.1) is 0 Å². The van der Waals surface area contributed by atoms with E-state index in [2.05, 4.69) is 41.4 Å². The lowest BCUT2D eigenvalue weighted by molar-refractivity contribution is 0.102. The van der Waals surface area contributed by atoms with Crippen LogP contribution in [0.2, 0.25) is 0 Å². The molecule has 0 fully saturated rings. The molecule has 0 aliphatic heterocycles. The monoisotopic (exact) mass is 392 g/mol. The van der Waals surface area contributed by atoms with E-state index in [0.717, 1.165) is 5.69 Å². The highest BCUT2D eigenvalue weighted by molar-refractivity contribution is 6.12. The largest absolute Gasteiger partial charge is 0.463 e. The third-order valence-electron chi connectivity index (χ3n) is 4.70. The van der Waals surface area contributed by atoms with E-state index in [1.54, 1.807) is 29.3 Å². The summed E-state index contributed by atoms with van der Waals surface area (Å²) < 4.78 is 7.29. The van der Waals surface area contributed by atoms with Crippen molar-refractivity contribution in [1.82, 2.24) is 25.0 Å². The van der Waals surface area contributed by atoms with Gasteiger partial charge in [0.15, 0.2) is 17.2 Å². The second kappa shape index (κ2) is 6.88. The van der Waals surface area contributed by atoms with Crippen LogP contribution in [0, 0.1) is 0 Å². The predicted molar refractivity (Wildman–Crippen MR) is 111 cm³/mol. The van der Waals surface area contributed by atoms with Crippen molar-refractivity contribution in [3.63, 3.8) is 0 Å². The summed E-state index contributed by atoms with van der Waals surface area (Å²) >= 11 is 0. The number of aromatic amines is 1. The number of pyridine rings is 1. The van der Waals surface area contributed by atoms with Crippen LogP contribution in [0.15, 0.2) is 41.1 Å². The van der Waals surface area contributed by atoms with Gasteiger partial charge in [-0.1, -0.05) is 20.8 Å². The summed E-state index contributed by atoms with van der Waals surface area (Å²) in [6, 6.07) is 7.28. The normalized spacial score (nSPS) is 12.1. The van der Waals surface area contributed by atoms with E-state index >= 15 is 0 Å². The number of furan rings is 1. The third-order valence-corrected chi connectivity index (χ3v) is 4.70. The first kappa shape index (κ1) is 18.9. The van der Waals surface area contributed by atoms with Gasteiger partial charge in [0.2, 0.25) is 0 Å². The molecule has 0 saturated carbocycles. The van der Waals surface area contributed by atoms with Crippen molar-refractivity contribution in [2.75, 3.05) is 5.32 Å². The number of carbonyl (C=O) groups is 1. The van der Waals surface area contributed by atoms with Crippen molar-refractivity contribution in [1.29, 1.82) is 0 Å². The number of rotatable bonds is 4. The van der Waals surface area contributed by atoms with Crippen LogP contribution in [0.25, 0.3) is 22.5 Å². The van der Waals surface area contributed by atoms with Gasteiger partial charge in [-0.3, -0.25) is 9.89 Å². The molecular weight excluding hydrogens is 368 g/mol. The molecule has 4 rings (SSSR count). The molecule has 4 aromatic rings. The molecule has 8 nitrogen and oxygen atoms in total. The van der Waals surface area contributed by atoms with E-state index in [9.17, 15) is 4.79 Å². The maximum Gasteiger partial charge on any atom is 0.257 e. The van der Waals surface area contributed by atoms with E-state index in [1.807, 2.05) is 26.0 Å². The highest BCUT2D eigenvalue weighted by atomic mass is 16.3. The van der Waals surface area contributed by atoms with Crippen molar-refractivity contribution >= 4 is 22.8 Å². The smallest absolute Gasteiger partial charge is 0.257 e. The number of nitrogens with one attached hydrogen (secondary N) is 2. The summed E-state index contributed by atoms with van der Waals surface area (Å²) in [4.78, 5) is 17.8. The quantitative estimate of drug-likeness (QED) is 0.531. The van der Waals surface area contributed by atoms with E-state index in [1.165, 1.54) is 0 Å². The average molecular weight is 392 g/mol. The number of carbonyl (C=O) groups excluding carboxylic acids is 1. The summed E-state index contributed by atoms with van der Waals surface area (Å²) in [7, 11) is 0. The van der Waals surface area contributed by atoms with Gasteiger partial charge in [-0.2, -0.15) is 10.2 Å². The summed E-state index contributed by atoms with van der Waals surface area (Å²) in [5.74, 6) is 0.786. The zero-order valence-electron chi connectivity index (χ0n) is 17.1. The van der Waals surface area contributed by atoms with Crippen molar-refractivity contribution in [2.45, 2.75) is 46.1 Å². The molecule has 0 atom stereocenters. The lowest BCUT2D eigenvalue weighted by atomic mass is 9.92. The van der Waals surface area contributed by atoms with Crippen LogP contribution in [0.3, 0.4) is 0 Å². The highest BCUT2D eigenvalue weighted by Gasteiger charge is 2.21. The summed E-state index contributed by atoms with van der Waals surface area (Å²) in [5.41, 5.74) is 2.53. The predicted octanol–water partition coefficient (Wildman–Crippen LogP) is 4.55. The van der Waals surface area contributed by atoms with Gasteiger partial charge in [-0.05, 0) is 32.0 Å². The maximum atomic E-state index is 13.1. The van der Waals surface area contributed by atoms with Crippen LogP contribution < -0.4 is 5.32 Å². The SMILES string of the molecule is CC(C)n1ncc2c(C(=O)Nc3cc(C(C)(C)C)[nH]n3)cc(-c3ccco3)nc21. The van der Waals surface area contributed by atoms with Crippen molar-refractivity contribution in [3.8, 4) is 11.5 Å². The average Bonchev–Trinajstić information content (AvgIpc) is 3.39. The minimum Gasteiger partial charge on any atom is -0.463 e. The van der Waals surface area contributed by atoms with Gasteiger partial charge in [0.05, 0.1) is 23.4 Å². The fourth-order valence-electron chi connectivity index (χ4n) is 3.09. The van der Waals surface area contributed by atoms with Crippen molar-refractivity contribution in [3.05, 3.63) is 48.0 Å². The third kappa shape index (κ3) is 3.53. The van der Waals surface area contributed by atoms with E-state index in [0.29, 0.717) is 33.9 Å². The Morgan fingerprint density at radius 1 is 1.28 bits per heavy atom. The Bertz CT molecular complexity index is 1160. The zero-order chi connectivity index (χ0) is 20.8. The lowest BCUT2D eigenvalue weighted by Gasteiger charge is -2.14. The number of hydrogen-bond donors (Lipinski definition) is 2. The summed E-state index contributed by atoms with van der Waals surface area (Å²) in [6.07, 6.45) is 3.26. The Balaban J connectivity index is 1.77. The van der Waals surface area contributed by atoms with Crippen LogP contribution in [-0.2, 0) is 5.41 Å². The van der Waals surface area contributed by atoms with Gasteiger partial charge in [0.1, 0.15) is 5.69 Å². The van der Waals surface area contributed by atoms with E-state index in [-0.39, 0.29) is 17.4 Å². The van der Waals surface area contributed by atoms with Gasteiger partial charge in [0, 0.05) is 23.2 Å². The number of aromatic nitrogens is 5. The second-order valence-corrected chi connectivity index (χ2v) is 8.32. The molecule has 4 aromatic heterocycles. The van der Waals surface area contributed by atoms with E-state index in [4.69, 9.17) is 9.40 Å². The maximum absolute atomic E-state index is 13.1. The highest BCUT2D eigenvalue weighted by Crippen LogP contribution is 2.28. The Morgan fingerprint density at radius 3 is 2.69 bits per heavy atom. The standard InChI is InChI=1S/C21H24N6O2/c1-12(2)27-19-14(11-22-27)13(9-15(23-19)16-7-6-8-29-16)20(28)24-18-10-17(25-26-18)21(3,4)5/h6-12H,1-5H3,(H2,24,25,26,28). The van der Waals surface area contributed by atoms with Gasteiger partial charge < -0.3 is 9.73 Å². The first-order valence-electron chi connectivity index (χ1n) is 9.53. The number of nitrogens with zero attached hydrogens (tertiary/aromatic N) is 4. The summed E-state index contributed by atoms with van der Waals surface area (Å²) in [5, 5.41) is 15.2. The zero-order valence-corrected chi connectivity index (χ0v) is 17.1. The van der Waals surface area contributed by atoms with Gasteiger partial charge in [0.25, 0.3) is 5.91 Å². The van der Waals surface area contributed by atoms with Crippen LogP contribution >= 0.6 is 0 Å². The minimum absolute atomic E-state index is 0.0925. The number of hydrogen-bond acceptors (Lipinski definition) is 5. The Hall–Kier alpha value is -3.42. The van der Waals surface area contributed by atoms with Crippen LogP contribution in [0.5, 0.6) is 0 Å². The molecule has 150 valence electrons. The molecule has 0 saturated heterocycles. The Labute approximate surface area is 168 Å². The van der Waals surface area contributed by atoms with Gasteiger partial charge in [-0.25, -0.2) is 9.67 Å². The van der Waals surface area contributed by atoms with Gasteiger partial charge >= 0.3 is 0 Å². The minimum atomic E-state index is -0.277. The Morgan fingerprint density at radius 2 is 2.07 bits per heavy atom. The fraction of sp³-hybridized carbons (Fsp3) is 0.333. The first-order valence-corrected chi connectivity index (χ1v) is 9.53. The lowest BCUT2D eigenvalue weighted by Crippen LogP contribution is -2.14. The molecule has 0 radical (unpaired) electrons. The molecule has 0 bridgehead atoms. The molecule has 8 heteroatoms. The second-order valence-electron chi connectivity index (χ2n) is 8.32. The molecule has 2 N–H and O–H groups in total. The van der Waals surface area contributed by atoms with Crippen LogP contribution in [0.1, 0.15) is 56.7 Å². The van der Waals surface area contributed by atoms with Crippen molar-refractivity contribution < 1.29 is 9.21 Å². The Kier molecular flexibility index (Phi) is 4.49. The number of amides is 1. The molecule has 29 heavy (non-hydrogen) atoms. The topological polar surface area (TPSA) is 102 Å². The number of H-pyrrole nitrogens is 1. The summed E-state index contributed by atoms with van der Waals surface area (Å²) in [6.45, 7) is 10.3. The fourth-order valence-corrected chi connectivity index (χ4v) is 3.09. The molecule has 0 aliphatic rings. The van der Waals surface area contributed by atoms with Crippen molar-refractivity contribution in [2.24, 2.45) is 0 Å². The van der Waals surface area contributed by atoms with E-state index < -0.39 is 0 Å². The molecule has 0 aliphatic carbocycles. The molecule has 4 heterocycles. The van der Waals surface area contributed by atoms with Crippen LogP contribution in [0.4, 0.5) is 5.82 Å². The molecule has 1 amide bonds. The number of anilines is 1. The molecule has 0 unspecified atom stereocenters. The molecule has 0 spiro atoms.